The average Bonchev–Trinajstić information content (AvgIpc) is 3.31. The zero-order valence-electron chi connectivity index (χ0n) is 19.0. The minimum Gasteiger partial charge on any atom is -0.481 e. The molecule has 13 heteroatoms. The van der Waals surface area contributed by atoms with E-state index in [1.807, 2.05) is 0 Å². The number of hydrogen-bond donors (Lipinski definition) is 4. The van der Waals surface area contributed by atoms with Crippen LogP contribution in [0.2, 0.25) is 0 Å². The van der Waals surface area contributed by atoms with E-state index in [-0.39, 0.29) is 30.9 Å². The molecule has 0 saturated heterocycles. The molecule has 4 N–H and O–H groups in total. The van der Waals surface area contributed by atoms with Crippen LogP contribution in [0.5, 0.6) is 0 Å². The lowest BCUT2D eigenvalue weighted by Gasteiger charge is -2.11. The topological polar surface area (TPSA) is 163 Å². The summed E-state index contributed by atoms with van der Waals surface area (Å²) in [7, 11) is -4.28. The van der Waals surface area contributed by atoms with E-state index in [1.54, 1.807) is 11.4 Å². The van der Waals surface area contributed by atoms with E-state index in [1.165, 1.54) is 35.6 Å². The van der Waals surface area contributed by atoms with Gasteiger partial charge in [-0.25, -0.2) is 9.37 Å². The zero-order valence-corrected chi connectivity index (χ0v) is 20.6. The van der Waals surface area contributed by atoms with Crippen LogP contribution in [0.4, 0.5) is 4.39 Å². The van der Waals surface area contributed by atoms with E-state index in [0.29, 0.717) is 40.5 Å². The number of fused-ring (bicyclic) bond motifs is 1. The maximum absolute atomic E-state index is 14.2. The quantitative estimate of drug-likeness (QED) is 0.202. The lowest BCUT2D eigenvalue weighted by molar-refractivity contribution is -0.137. The molecule has 0 saturated carbocycles. The molecule has 0 aliphatic rings. The van der Waals surface area contributed by atoms with E-state index in [2.05, 4.69) is 15.6 Å². The molecule has 0 bridgehead atoms. The molecule has 1 aromatic carbocycles. The number of carboxylic acid groups (broad SMARTS) is 1. The van der Waals surface area contributed by atoms with Crippen molar-refractivity contribution in [2.24, 2.45) is 0 Å². The molecular weight excluding hydrogens is 513 g/mol. The van der Waals surface area contributed by atoms with Crippen LogP contribution in [0.1, 0.15) is 46.7 Å². The highest BCUT2D eigenvalue weighted by Gasteiger charge is 2.18. The Morgan fingerprint density at radius 2 is 1.64 bits per heavy atom. The first-order chi connectivity index (χ1) is 17.0. The summed E-state index contributed by atoms with van der Waals surface area (Å²) in [5.74, 6) is -3.31. The van der Waals surface area contributed by atoms with E-state index < -0.39 is 39.5 Å². The lowest BCUT2D eigenvalue weighted by Crippen LogP contribution is -2.31. The van der Waals surface area contributed by atoms with Gasteiger partial charge in [0.2, 0.25) is 0 Å². The van der Waals surface area contributed by atoms with Gasteiger partial charge in [0.1, 0.15) is 17.2 Å². The number of nitrogens with one attached hydrogen (secondary N) is 2. The number of halogens is 1. The fourth-order valence-corrected chi connectivity index (χ4v) is 4.73. The van der Waals surface area contributed by atoms with Gasteiger partial charge in [-0.2, -0.15) is 8.42 Å². The van der Waals surface area contributed by atoms with E-state index in [9.17, 15) is 27.2 Å². The molecule has 0 aliphatic carbocycles. The summed E-state index contributed by atoms with van der Waals surface area (Å²) in [5, 5.41) is 15.8. The second-order valence-corrected chi connectivity index (χ2v) is 10.4. The van der Waals surface area contributed by atoms with Crippen molar-refractivity contribution in [3.05, 3.63) is 52.9 Å². The number of pyridine rings is 1. The molecule has 3 rings (SSSR count). The summed E-state index contributed by atoms with van der Waals surface area (Å²) in [6, 6.07) is 7.33. The number of hydrogen-bond acceptors (Lipinski definition) is 7. The van der Waals surface area contributed by atoms with Gasteiger partial charge in [-0.1, -0.05) is 12.5 Å². The van der Waals surface area contributed by atoms with Crippen LogP contribution in [-0.2, 0) is 14.9 Å². The number of thiophene rings is 1. The third kappa shape index (κ3) is 7.54. The summed E-state index contributed by atoms with van der Waals surface area (Å²) in [5.41, 5.74) is 0.776. The minimum atomic E-state index is -4.28. The minimum absolute atomic E-state index is 0.0441. The van der Waals surface area contributed by atoms with E-state index >= 15 is 0 Å². The Morgan fingerprint density at radius 3 is 2.28 bits per heavy atom. The largest absolute Gasteiger partial charge is 0.481 e. The first kappa shape index (κ1) is 27.2. The number of benzene rings is 1. The highest BCUT2D eigenvalue weighted by Crippen LogP contribution is 2.34. The van der Waals surface area contributed by atoms with Gasteiger partial charge in [0, 0.05) is 29.6 Å². The zero-order chi connectivity index (χ0) is 26.3. The van der Waals surface area contributed by atoms with Crippen LogP contribution in [0.3, 0.4) is 0 Å². The number of carboxylic acids is 1. The molecule has 0 radical (unpaired) electrons. The Bertz CT molecular complexity index is 1390. The maximum atomic E-state index is 14.2. The molecule has 2 heterocycles. The number of carbonyl (C=O) groups excluding carboxylic acids is 2. The fourth-order valence-electron chi connectivity index (χ4n) is 3.43. The molecule has 2 amide bonds. The van der Waals surface area contributed by atoms with E-state index in [0.717, 1.165) is 0 Å². The third-order valence-corrected chi connectivity index (χ3v) is 6.83. The molecule has 36 heavy (non-hydrogen) atoms. The van der Waals surface area contributed by atoms with Gasteiger partial charge in [0.15, 0.2) is 0 Å². The Hall–Kier alpha value is -3.42. The van der Waals surface area contributed by atoms with Crippen molar-refractivity contribution in [1.82, 2.24) is 15.6 Å². The highest BCUT2D eigenvalue weighted by atomic mass is 32.2. The molecular formula is C23H24FN3O7S2. The Morgan fingerprint density at radius 1 is 0.972 bits per heavy atom. The van der Waals surface area contributed by atoms with Crippen LogP contribution in [0.15, 0.2) is 35.7 Å². The highest BCUT2D eigenvalue weighted by molar-refractivity contribution is 7.85. The molecule has 2 aromatic heterocycles. The number of amides is 2. The molecule has 0 fully saturated rings. The first-order valence-electron chi connectivity index (χ1n) is 11.0. The fraction of sp³-hybridized carbons (Fsp3) is 0.304. The van der Waals surface area contributed by atoms with Gasteiger partial charge in [-0.05, 0) is 53.6 Å². The predicted octanol–water partition coefficient (Wildman–Crippen LogP) is 3.09. The second-order valence-electron chi connectivity index (χ2n) is 7.89. The summed E-state index contributed by atoms with van der Waals surface area (Å²) >= 11 is 1.29. The molecule has 0 spiro atoms. The van der Waals surface area contributed by atoms with Crippen LogP contribution in [-0.4, -0.2) is 59.7 Å². The molecule has 0 atom stereocenters. The van der Waals surface area contributed by atoms with Gasteiger partial charge in [0.25, 0.3) is 21.9 Å². The van der Waals surface area contributed by atoms with Crippen molar-refractivity contribution in [2.45, 2.75) is 25.7 Å². The van der Waals surface area contributed by atoms with Gasteiger partial charge in [-0.3, -0.25) is 18.9 Å². The number of unbranched alkanes of at least 4 members (excludes halogenated alkanes) is 2. The average molecular weight is 538 g/mol. The van der Waals surface area contributed by atoms with E-state index in [4.69, 9.17) is 9.66 Å². The smallest absolute Gasteiger partial charge is 0.303 e. The van der Waals surface area contributed by atoms with Crippen molar-refractivity contribution in [1.29, 1.82) is 0 Å². The third-order valence-electron chi connectivity index (χ3n) is 5.16. The molecule has 192 valence electrons. The lowest BCUT2D eigenvalue weighted by atomic mass is 10.0. The normalized spacial score (nSPS) is 11.4. The summed E-state index contributed by atoms with van der Waals surface area (Å²) in [6.45, 7) is -0.0981. The standard InChI is InChI=1S/C23H24FN3O7S2/c24-17-6-5-15(21-16(17)7-10-35-21)14-12-18(22(30)25-8-3-1-2-4-20(28)29)27-19(13-14)23(31)26-9-11-36(32,33)34/h5-7,10,12-13H,1-4,8-9,11H2,(H,25,30)(H,26,31)(H,28,29)(H,32,33,34). The Kier molecular flexibility index (Phi) is 9.07. The number of aliphatic carboxylic acids is 1. The van der Waals surface area contributed by atoms with Crippen molar-refractivity contribution in [3.63, 3.8) is 0 Å². The number of nitrogens with zero attached hydrogens (tertiary/aromatic N) is 1. The monoisotopic (exact) mass is 537 g/mol. The Balaban J connectivity index is 1.86. The molecule has 0 unspecified atom stereocenters. The molecule has 10 nitrogen and oxygen atoms in total. The van der Waals surface area contributed by atoms with Gasteiger partial charge >= 0.3 is 5.97 Å². The van der Waals surface area contributed by atoms with Crippen molar-refractivity contribution in [2.75, 3.05) is 18.8 Å². The van der Waals surface area contributed by atoms with Crippen LogP contribution in [0.25, 0.3) is 21.2 Å². The molecule has 3 aromatic rings. The summed E-state index contributed by atoms with van der Waals surface area (Å²) in [4.78, 5) is 40.1. The number of aromatic nitrogens is 1. The van der Waals surface area contributed by atoms with Crippen LogP contribution < -0.4 is 10.6 Å². The van der Waals surface area contributed by atoms with Crippen molar-refractivity contribution in [3.8, 4) is 11.1 Å². The first-order valence-corrected chi connectivity index (χ1v) is 13.5. The van der Waals surface area contributed by atoms with Crippen molar-refractivity contribution >= 4 is 49.3 Å². The van der Waals surface area contributed by atoms with Crippen molar-refractivity contribution < 1.29 is 36.9 Å². The van der Waals surface area contributed by atoms with Crippen LogP contribution in [0, 0.1) is 5.82 Å². The molecule has 0 aliphatic heterocycles. The van der Waals surface area contributed by atoms with Gasteiger partial charge in [0.05, 0.1) is 5.75 Å². The number of rotatable bonds is 12. The van der Waals surface area contributed by atoms with Crippen LogP contribution >= 0.6 is 11.3 Å². The second kappa shape index (κ2) is 12.0. The van der Waals surface area contributed by atoms with Gasteiger partial charge in [-0.15, -0.1) is 11.3 Å². The summed E-state index contributed by atoms with van der Waals surface area (Å²) < 4.78 is 45.6. The SMILES string of the molecule is O=C(O)CCCCCNC(=O)c1cc(-c2ccc(F)c3ccsc23)cc(C(=O)NCCS(=O)(=O)O)n1. The summed E-state index contributed by atoms with van der Waals surface area (Å²) in [6.07, 6.45) is 1.68. The van der Waals surface area contributed by atoms with Gasteiger partial charge < -0.3 is 15.7 Å². The Labute approximate surface area is 210 Å². The number of carbonyl (C=O) groups is 3. The maximum Gasteiger partial charge on any atom is 0.303 e. The predicted molar refractivity (Wildman–Crippen MR) is 132 cm³/mol.